The van der Waals surface area contributed by atoms with Gasteiger partial charge in [0.1, 0.15) is 5.82 Å². The summed E-state index contributed by atoms with van der Waals surface area (Å²) in [7, 11) is 0. The molecule has 3 heteroatoms. The lowest BCUT2D eigenvalue weighted by molar-refractivity contribution is 0.0455. The topological polar surface area (TPSA) is 20.2 Å². The Morgan fingerprint density at radius 1 is 1.50 bits per heavy atom. The van der Waals surface area contributed by atoms with E-state index in [2.05, 4.69) is 0 Å². The lowest BCUT2D eigenvalue weighted by Crippen LogP contribution is -2.27. The zero-order valence-corrected chi connectivity index (χ0v) is 10.1. The molecule has 16 heavy (non-hydrogen) atoms. The van der Waals surface area contributed by atoms with Crippen molar-refractivity contribution >= 4 is 11.6 Å². The Kier molecular flexibility index (Phi) is 3.22. The first kappa shape index (κ1) is 11.9. The fourth-order valence-corrected chi connectivity index (χ4v) is 2.31. The third-order valence-electron chi connectivity index (χ3n) is 2.99. The summed E-state index contributed by atoms with van der Waals surface area (Å²) in [6, 6.07) is 4.63. The molecule has 0 aromatic heterocycles. The van der Waals surface area contributed by atoms with Crippen molar-refractivity contribution in [3.8, 4) is 0 Å². The second-order valence-electron chi connectivity index (χ2n) is 5.07. The largest absolute Gasteiger partial charge is 0.390 e. The summed E-state index contributed by atoms with van der Waals surface area (Å²) in [6.07, 6.45) is 3.80. The molecule has 88 valence electrons. The minimum Gasteiger partial charge on any atom is -0.390 e. The molecular weight excluding hydrogens is 227 g/mol. The van der Waals surface area contributed by atoms with E-state index in [1.165, 1.54) is 18.9 Å². The Bertz CT molecular complexity index is 386. The van der Waals surface area contributed by atoms with Gasteiger partial charge in [-0.2, -0.15) is 0 Å². The summed E-state index contributed by atoms with van der Waals surface area (Å²) < 4.78 is 13.0. The van der Waals surface area contributed by atoms with Gasteiger partial charge in [-0.05, 0) is 37.0 Å². The van der Waals surface area contributed by atoms with Gasteiger partial charge in [0, 0.05) is 6.42 Å². The van der Waals surface area contributed by atoms with Gasteiger partial charge in [0.25, 0.3) is 0 Å². The Balaban J connectivity index is 2.03. The van der Waals surface area contributed by atoms with Crippen molar-refractivity contribution in [2.45, 2.75) is 38.2 Å². The Labute approximate surface area is 100 Å². The second-order valence-corrected chi connectivity index (χ2v) is 5.48. The van der Waals surface area contributed by atoms with E-state index in [4.69, 9.17) is 11.6 Å². The lowest BCUT2D eigenvalue weighted by Gasteiger charge is -2.23. The summed E-state index contributed by atoms with van der Waals surface area (Å²) in [5.41, 5.74) is 0.180. The summed E-state index contributed by atoms with van der Waals surface area (Å²) >= 11 is 5.70. The summed E-state index contributed by atoms with van der Waals surface area (Å²) in [6.45, 7) is 1.84. The number of rotatable bonds is 4. The second kappa shape index (κ2) is 4.34. The van der Waals surface area contributed by atoms with Gasteiger partial charge in [-0.1, -0.05) is 30.5 Å². The molecule has 0 saturated heterocycles. The van der Waals surface area contributed by atoms with Crippen LogP contribution in [0, 0.1) is 11.7 Å². The smallest absolute Gasteiger partial charge is 0.141 e. The maximum atomic E-state index is 13.0. The van der Waals surface area contributed by atoms with E-state index < -0.39 is 11.4 Å². The van der Waals surface area contributed by atoms with Crippen LogP contribution in [0.25, 0.3) is 0 Å². The van der Waals surface area contributed by atoms with Gasteiger partial charge in [-0.15, -0.1) is 0 Å². The van der Waals surface area contributed by atoms with Crippen LogP contribution in [0.4, 0.5) is 4.39 Å². The maximum Gasteiger partial charge on any atom is 0.141 e. The van der Waals surface area contributed by atoms with Crippen molar-refractivity contribution in [2.75, 3.05) is 0 Å². The highest BCUT2D eigenvalue weighted by atomic mass is 35.5. The van der Waals surface area contributed by atoms with E-state index >= 15 is 0 Å². The van der Waals surface area contributed by atoms with Crippen molar-refractivity contribution in [3.05, 3.63) is 34.6 Å². The summed E-state index contributed by atoms with van der Waals surface area (Å²) in [5.74, 6) is 0.262. The van der Waals surface area contributed by atoms with E-state index in [0.717, 1.165) is 12.0 Å². The van der Waals surface area contributed by atoms with Crippen molar-refractivity contribution in [2.24, 2.45) is 5.92 Å². The van der Waals surface area contributed by atoms with Gasteiger partial charge in [0.2, 0.25) is 0 Å². The van der Waals surface area contributed by atoms with Crippen LogP contribution in [0.5, 0.6) is 0 Å². The highest BCUT2D eigenvalue weighted by Gasteiger charge is 2.31. The fraction of sp³-hybridized carbons (Fsp3) is 0.538. The van der Waals surface area contributed by atoms with Crippen LogP contribution in [0.3, 0.4) is 0 Å². The minimum absolute atomic E-state index is 0.125. The molecule has 1 N–H and O–H groups in total. The molecule has 1 aliphatic carbocycles. The Morgan fingerprint density at radius 2 is 2.19 bits per heavy atom. The molecule has 2 rings (SSSR count). The maximum absolute atomic E-state index is 13.0. The molecule has 0 amide bonds. The summed E-state index contributed by atoms with van der Waals surface area (Å²) in [4.78, 5) is 0. The molecule has 1 fully saturated rings. The summed E-state index contributed by atoms with van der Waals surface area (Å²) in [5, 5.41) is 10.3. The van der Waals surface area contributed by atoms with Crippen LogP contribution in [0.1, 0.15) is 31.7 Å². The molecule has 0 heterocycles. The molecule has 0 aliphatic heterocycles. The molecule has 1 aromatic rings. The molecule has 0 spiro atoms. The van der Waals surface area contributed by atoms with Crippen molar-refractivity contribution in [1.82, 2.24) is 0 Å². The Morgan fingerprint density at radius 3 is 2.75 bits per heavy atom. The molecule has 1 atom stereocenters. The third kappa shape index (κ3) is 3.19. The van der Waals surface area contributed by atoms with Gasteiger partial charge in [0.05, 0.1) is 10.6 Å². The molecule has 1 aromatic carbocycles. The quantitative estimate of drug-likeness (QED) is 0.856. The molecule has 1 unspecified atom stereocenters. The monoisotopic (exact) mass is 242 g/mol. The van der Waals surface area contributed by atoms with Crippen LogP contribution in [0.15, 0.2) is 18.2 Å². The van der Waals surface area contributed by atoms with Crippen molar-refractivity contribution < 1.29 is 9.50 Å². The van der Waals surface area contributed by atoms with E-state index in [1.54, 1.807) is 12.1 Å². The van der Waals surface area contributed by atoms with Crippen LogP contribution in [0.2, 0.25) is 5.02 Å². The standard InChI is InChI=1S/C13H16ClFO/c1-13(16,7-9-2-3-9)8-10-4-5-12(15)11(14)6-10/h4-6,9,16H,2-3,7-8H2,1H3. The van der Waals surface area contributed by atoms with Gasteiger partial charge >= 0.3 is 0 Å². The van der Waals surface area contributed by atoms with Gasteiger partial charge < -0.3 is 5.11 Å². The zero-order chi connectivity index (χ0) is 11.8. The number of aliphatic hydroxyl groups is 1. The fourth-order valence-electron chi connectivity index (χ4n) is 2.11. The third-order valence-corrected chi connectivity index (χ3v) is 3.28. The molecule has 1 aliphatic rings. The highest BCUT2D eigenvalue weighted by molar-refractivity contribution is 6.30. The molecule has 0 bridgehead atoms. The van der Waals surface area contributed by atoms with E-state index in [9.17, 15) is 9.50 Å². The van der Waals surface area contributed by atoms with Crippen LogP contribution < -0.4 is 0 Å². The zero-order valence-electron chi connectivity index (χ0n) is 9.34. The van der Waals surface area contributed by atoms with Crippen molar-refractivity contribution in [3.63, 3.8) is 0 Å². The predicted octanol–water partition coefficient (Wildman–Crippen LogP) is 3.57. The molecular formula is C13H16ClFO. The predicted molar refractivity (Wildman–Crippen MR) is 63.1 cm³/mol. The van der Waals surface area contributed by atoms with Crippen LogP contribution in [-0.2, 0) is 6.42 Å². The van der Waals surface area contributed by atoms with Crippen LogP contribution >= 0.6 is 11.6 Å². The van der Waals surface area contributed by atoms with E-state index in [-0.39, 0.29) is 5.02 Å². The first-order chi connectivity index (χ1) is 7.46. The Hall–Kier alpha value is -0.600. The normalized spacial score (nSPS) is 19.5. The highest BCUT2D eigenvalue weighted by Crippen LogP contribution is 2.37. The van der Waals surface area contributed by atoms with E-state index in [0.29, 0.717) is 12.3 Å². The van der Waals surface area contributed by atoms with Crippen LogP contribution in [-0.4, -0.2) is 10.7 Å². The number of halogens is 2. The average Bonchev–Trinajstić information content (AvgIpc) is 2.94. The van der Waals surface area contributed by atoms with Gasteiger partial charge in [0.15, 0.2) is 0 Å². The number of hydrogen-bond donors (Lipinski definition) is 1. The first-order valence-corrected chi connectivity index (χ1v) is 6.00. The van der Waals surface area contributed by atoms with Gasteiger partial charge in [-0.3, -0.25) is 0 Å². The van der Waals surface area contributed by atoms with Crippen molar-refractivity contribution in [1.29, 1.82) is 0 Å². The van der Waals surface area contributed by atoms with Gasteiger partial charge in [-0.25, -0.2) is 4.39 Å². The molecule has 1 saturated carbocycles. The van der Waals surface area contributed by atoms with E-state index in [1.807, 2.05) is 6.92 Å². The molecule has 0 radical (unpaired) electrons. The molecule has 1 nitrogen and oxygen atoms in total. The minimum atomic E-state index is -0.706. The first-order valence-electron chi connectivity index (χ1n) is 5.63. The average molecular weight is 243 g/mol. The number of benzene rings is 1. The number of hydrogen-bond acceptors (Lipinski definition) is 1. The lowest BCUT2D eigenvalue weighted by atomic mass is 9.91. The SMILES string of the molecule is CC(O)(Cc1ccc(F)c(Cl)c1)CC1CC1.